The number of hydrogen-bond donors (Lipinski definition) is 0. The molecule has 2 fully saturated rings. The van der Waals surface area contributed by atoms with Crippen molar-refractivity contribution in [3.05, 3.63) is 0 Å². The molecular weight excluding hydrogens is 218 g/mol. The molecule has 1 saturated carbocycles. The fourth-order valence-corrected chi connectivity index (χ4v) is 2.75. The summed E-state index contributed by atoms with van der Waals surface area (Å²) >= 11 is 0. The van der Waals surface area contributed by atoms with Gasteiger partial charge < -0.3 is 9.64 Å². The van der Waals surface area contributed by atoms with Crippen molar-refractivity contribution in [2.75, 3.05) is 13.1 Å². The van der Waals surface area contributed by atoms with Gasteiger partial charge in [0.1, 0.15) is 11.4 Å². The lowest BCUT2D eigenvalue weighted by Gasteiger charge is -2.35. The smallest absolute Gasteiger partial charge is 0.410 e. The molecule has 1 amide bonds. The number of piperidine rings is 1. The number of carbonyl (C=O) groups excluding carboxylic acids is 2. The average Bonchev–Trinajstić information content (AvgIpc) is 2.57. The second-order valence-electron chi connectivity index (χ2n) is 6.09. The molecule has 1 aliphatic carbocycles. The standard InChI is InChI=1S/C13H21NO3/c1-13(2,3)17-12(16)14-7-6-10-9(8-14)4-5-11(10)15/h9-10H,4-8H2,1-3H3. The molecule has 0 aromatic carbocycles. The second kappa shape index (κ2) is 4.31. The van der Waals surface area contributed by atoms with Crippen molar-refractivity contribution < 1.29 is 14.3 Å². The van der Waals surface area contributed by atoms with Crippen LogP contribution in [0.5, 0.6) is 0 Å². The van der Waals surface area contributed by atoms with E-state index in [9.17, 15) is 9.59 Å². The van der Waals surface area contributed by atoms with Crippen LogP contribution in [0.3, 0.4) is 0 Å². The summed E-state index contributed by atoms with van der Waals surface area (Å²) in [5.74, 6) is 0.955. The van der Waals surface area contributed by atoms with Gasteiger partial charge in [0.05, 0.1) is 0 Å². The second-order valence-corrected chi connectivity index (χ2v) is 6.09. The van der Waals surface area contributed by atoms with E-state index in [4.69, 9.17) is 4.74 Å². The van der Waals surface area contributed by atoms with Gasteiger partial charge in [0.25, 0.3) is 0 Å². The van der Waals surface area contributed by atoms with Crippen molar-refractivity contribution in [1.29, 1.82) is 0 Å². The third kappa shape index (κ3) is 2.79. The maximum atomic E-state index is 11.9. The van der Waals surface area contributed by atoms with E-state index in [0.717, 1.165) is 12.8 Å². The largest absolute Gasteiger partial charge is 0.444 e. The van der Waals surface area contributed by atoms with Crippen LogP contribution >= 0.6 is 0 Å². The number of ether oxygens (including phenoxy) is 1. The molecule has 4 nitrogen and oxygen atoms in total. The first-order valence-electron chi connectivity index (χ1n) is 6.37. The van der Waals surface area contributed by atoms with E-state index in [2.05, 4.69) is 0 Å². The predicted molar refractivity (Wildman–Crippen MR) is 63.6 cm³/mol. The zero-order valence-corrected chi connectivity index (χ0v) is 10.9. The highest BCUT2D eigenvalue weighted by molar-refractivity contribution is 5.83. The molecule has 4 heteroatoms. The Hall–Kier alpha value is -1.06. The van der Waals surface area contributed by atoms with Crippen LogP contribution in [0, 0.1) is 11.8 Å². The summed E-state index contributed by atoms with van der Waals surface area (Å²) in [7, 11) is 0. The minimum Gasteiger partial charge on any atom is -0.444 e. The Balaban J connectivity index is 1.93. The number of rotatable bonds is 0. The van der Waals surface area contributed by atoms with Crippen LogP contribution in [0.25, 0.3) is 0 Å². The van der Waals surface area contributed by atoms with E-state index in [-0.39, 0.29) is 12.0 Å². The van der Waals surface area contributed by atoms with Crippen molar-refractivity contribution in [1.82, 2.24) is 4.90 Å². The van der Waals surface area contributed by atoms with E-state index in [1.165, 1.54) is 0 Å². The summed E-state index contributed by atoms with van der Waals surface area (Å²) in [6, 6.07) is 0. The van der Waals surface area contributed by atoms with E-state index in [0.29, 0.717) is 31.2 Å². The van der Waals surface area contributed by atoms with Gasteiger partial charge >= 0.3 is 6.09 Å². The van der Waals surface area contributed by atoms with Gasteiger partial charge in [-0.2, -0.15) is 0 Å². The van der Waals surface area contributed by atoms with Gasteiger partial charge in [-0.3, -0.25) is 4.79 Å². The maximum Gasteiger partial charge on any atom is 0.410 e. The number of amides is 1. The van der Waals surface area contributed by atoms with Crippen LogP contribution in [-0.4, -0.2) is 35.5 Å². The normalized spacial score (nSPS) is 29.1. The Morgan fingerprint density at radius 3 is 2.71 bits per heavy atom. The van der Waals surface area contributed by atoms with Gasteiger partial charge in [0, 0.05) is 25.4 Å². The summed E-state index contributed by atoms with van der Waals surface area (Å²) in [4.78, 5) is 25.2. The van der Waals surface area contributed by atoms with E-state index >= 15 is 0 Å². The Morgan fingerprint density at radius 2 is 2.06 bits per heavy atom. The molecule has 0 bridgehead atoms. The summed E-state index contributed by atoms with van der Waals surface area (Å²) < 4.78 is 5.35. The zero-order valence-electron chi connectivity index (χ0n) is 10.9. The monoisotopic (exact) mass is 239 g/mol. The summed E-state index contributed by atoms with van der Waals surface area (Å²) in [5, 5.41) is 0. The number of fused-ring (bicyclic) bond motifs is 1. The zero-order chi connectivity index (χ0) is 12.6. The van der Waals surface area contributed by atoms with Crippen molar-refractivity contribution in [3.63, 3.8) is 0 Å². The molecule has 2 rings (SSSR count). The van der Waals surface area contributed by atoms with Crippen LogP contribution in [0.15, 0.2) is 0 Å². The third-order valence-corrected chi connectivity index (χ3v) is 3.56. The molecule has 2 unspecified atom stereocenters. The number of ketones is 1. The lowest BCUT2D eigenvalue weighted by molar-refractivity contribution is -0.122. The van der Waals surface area contributed by atoms with Crippen LogP contribution in [0.1, 0.15) is 40.0 Å². The number of Topliss-reactive ketones (excluding diaryl/α,β-unsaturated/α-hetero) is 1. The highest BCUT2D eigenvalue weighted by Crippen LogP contribution is 2.35. The Kier molecular flexibility index (Phi) is 3.15. The fraction of sp³-hybridized carbons (Fsp3) is 0.846. The molecule has 0 aromatic heterocycles. The lowest BCUT2D eigenvalue weighted by Crippen LogP contribution is -2.45. The van der Waals surface area contributed by atoms with Crippen LogP contribution < -0.4 is 0 Å². The number of hydrogen-bond acceptors (Lipinski definition) is 3. The Labute approximate surface area is 102 Å². The SMILES string of the molecule is CC(C)(C)OC(=O)N1CCC2C(=O)CCC2C1. The van der Waals surface area contributed by atoms with Crippen molar-refractivity contribution in [2.45, 2.75) is 45.6 Å². The van der Waals surface area contributed by atoms with Crippen molar-refractivity contribution >= 4 is 11.9 Å². The van der Waals surface area contributed by atoms with E-state index in [1.807, 2.05) is 20.8 Å². The first-order valence-corrected chi connectivity index (χ1v) is 6.37. The first kappa shape index (κ1) is 12.4. The summed E-state index contributed by atoms with van der Waals surface area (Å²) in [5.41, 5.74) is -0.445. The molecule has 0 radical (unpaired) electrons. The quantitative estimate of drug-likeness (QED) is 0.651. The van der Waals surface area contributed by atoms with Gasteiger partial charge in [0.2, 0.25) is 0 Å². The van der Waals surface area contributed by atoms with E-state index in [1.54, 1.807) is 4.90 Å². The Morgan fingerprint density at radius 1 is 1.35 bits per heavy atom. The molecule has 0 spiro atoms. The van der Waals surface area contributed by atoms with Crippen LogP contribution in [0.2, 0.25) is 0 Å². The highest BCUT2D eigenvalue weighted by atomic mass is 16.6. The Bertz CT molecular complexity index is 332. The van der Waals surface area contributed by atoms with Crippen LogP contribution in [-0.2, 0) is 9.53 Å². The van der Waals surface area contributed by atoms with Crippen LogP contribution in [0.4, 0.5) is 4.79 Å². The average molecular weight is 239 g/mol. The van der Waals surface area contributed by atoms with Gasteiger partial charge in [-0.25, -0.2) is 4.79 Å². The fourth-order valence-electron chi connectivity index (χ4n) is 2.75. The molecule has 2 atom stereocenters. The first-order chi connectivity index (χ1) is 7.87. The highest BCUT2D eigenvalue weighted by Gasteiger charge is 2.40. The molecule has 1 aliphatic heterocycles. The van der Waals surface area contributed by atoms with Crippen molar-refractivity contribution in [3.8, 4) is 0 Å². The van der Waals surface area contributed by atoms with Crippen molar-refractivity contribution in [2.24, 2.45) is 11.8 Å². The molecule has 0 aromatic rings. The lowest BCUT2D eigenvalue weighted by atomic mass is 9.88. The molecule has 0 N–H and O–H groups in total. The molecule has 2 aliphatic rings. The minimum absolute atomic E-state index is 0.202. The van der Waals surface area contributed by atoms with Gasteiger partial charge in [-0.1, -0.05) is 0 Å². The molecular formula is C13H21NO3. The molecule has 1 saturated heterocycles. The molecule has 17 heavy (non-hydrogen) atoms. The molecule has 1 heterocycles. The third-order valence-electron chi connectivity index (χ3n) is 3.56. The van der Waals surface area contributed by atoms with E-state index < -0.39 is 5.60 Å². The molecule has 96 valence electrons. The van der Waals surface area contributed by atoms with Gasteiger partial charge in [-0.15, -0.1) is 0 Å². The van der Waals surface area contributed by atoms with Gasteiger partial charge in [-0.05, 0) is 39.5 Å². The number of likely N-dealkylation sites (tertiary alicyclic amines) is 1. The topological polar surface area (TPSA) is 46.6 Å². The van der Waals surface area contributed by atoms with Gasteiger partial charge in [0.15, 0.2) is 0 Å². The number of nitrogens with zero attached hydrogens (tertiary/aromatic N) is 1. The minimum atomic E-state index is -0.445. The summed E-state index contributed by atoms with van der Waals surface area (Å²) in [6.07, 6.45) is 2.19. The summed E-state index contributed by atoms with van der Waals surface area (Å²) in [6.45, 7) is 6.96. The number of carbonyl (C=O) groups is 2. The maximum absolute atomic E-state index is 11.9. The predicted octanol–water partition coefficient (Wildman–Crippen LogP) is 2.22.